The molecule has 0 aromatic heterocycles. The Labute approximate surface area is 186 Å². The maximum Gasteiger partial charge on any atom is 0.224 e. The van der Waals surface area contributed by atoms with Crippen molar-refractivity contribution in [2.45, 2.75) is 42.8 Å². The minimum atomic E-state index is -0.964. The van der Waals surface area contributed by atoms with Crippen LogP contribution in [0.4, 0.5) is 8.78 Å². The average molecular weight is 453 g/mol. The predicted octanol–water partition coefficient (Wildman–Crippen LogP) is 2.94. The lowest BCUT2D eigenvalue weighted by molar-refractivity contribution is -0.122. The molecule has 8 heteroatoms. The van der Waals surface area contributed by atoms with Crippen molar-refractivity contribution in [1.29, 1.82) is 0 Å². The molecule has 1 amide bonds. The smallest absolute Gasteiger partial charge is 0.224 e. The summed E-state index contributed by atoms with van der Waals surface area (Å²) in [6.07, 6.45) is 1.24. The summed E-state index contributed by atoms with van der Waals surface area (Å²) in [7, 11) is 1.59. The van der Waals surface area contributed by atoms with Crippen molar-refractivity contribution in [2.75, 3.05) is 26.5 Å². The molecule has 0 aliphatic rings. The summed E-state index contributed by atoms with van der Waals surface area (Å²) in [6.45, 7) is 2.56. The zero-order chi connectivity index (χ0) is 22.8. The second-order valence-corrected chi connectivity index (χ2v) is 8.39. The monoisotopic (exact) mass is 452 g/mol. The van der Waals surface area contributed by atoms with Gasteiger partial charge in [0.2, 0.25) is 5.91 Å². The molecule has 5 nitrogen and oxygen atoms in total. The number of methoxy groups -OCH3 is 1. The molecule has 0 radical (unpaired) electrons. The quantitative estimate of drug-likeness (QED) is 0.432. The number of ether oxygens (including phenoxy) is 1. The Balaban J connectivity index is 2.08. The van der Waals surface area contributed by atoms with Crippen LogP contribution in [0.1, 0.15) is 18.1 Å². The fourth-order valence-electron chi connectivity index (χ4n) is 3.23. The Morgan fingerprint density at radius 1 is 1.13 bits per heavy atom. The van der Waals surface area contributed by atoms with Gasteiger partial charge in [-0.15, -0.1) is 11.8 Å². The first-order chi connectivity index (χ1) is 14.8. The lowest BCUT2D eigenvalue weighted by Crippen LogP contribution is -2.50. The molecular weight excluding hydrogens is 422 g/mol. The molecule has 1 unspecified atom stereocenters. The van der Waals surface area contributed by atoms with Crippen molar-refractivity contribution >= 4 is 17.7 Å². The normalized spacial score (nSPS) is 14.1. The lowest BCUT2D eigenvalue weighted by atomic mass is 10.00. The fraction of sp³-hybridized carbons (Fsp3) is 0.435. The van der Waals surface area contributed by atoms with Gasteiger partial charge in [-0.05, 0) is 55.0 Å². The second-order valence-electron chi connectivity index (χ2n) is 7.51. The highest BCUT2D eigenvalue weighted by Crippen LogP contribution is 2.16. The number of carbonyl (C=O) groups excluding carboxylic acids is 1. The number of rotatable bonds is 12. The van der Waals surface area contributed by atoms with Crippen LogP contribution in [0, 0.1) is 11.6 Å². The Bertz CT molecular complexity index is 816. The summed E-state index contributed by atoms with van der Waals surface area (Å²) in [4.78, 5) is 13.7. The first kappa shape index (κ1) is 25.3. The van der Waals surface area contributed by atoms with Crippen molar-refractivity contribution < 1.29 is 23.4 Å². The number of aliphatic hydroxyl groups excluding tert-OH is 1. The van der Waals surface area contributed by atoms with E-state index in [0.717, 1.165) is 16.5 Å². The first-order valence-corrected chi connectivity index (χ1v) is 11.3. The van der Waals surface area contributed by atoms with E-state index < -0.39 is 23.8 Å². The lowest BCUT2D eigenvalue weighted by Gasteiger charge is -2.26. The highest BCUT2D eigenvalue weighted by molar-refractivity contribution is 7.98. The van der Waals surface area contributed by atoms with Crippen LogP contribution in [-0.4, -0.2) is 55.7 Å². The molecule has 0 aliphatic carbocycles. The van der Waals surface area contributed by atoms with E-state index >= 15 is 0 Å². The van der Waals surface area contributed by atoms with Crippen LogP contribution in [0.2, 0.25) is 0 Å². The number of carbonyl (C=O) groups is 1. The maximum atomic E-state index is 13.6. The number of nitrogens with one attached hydrogen (secondary N) is 2. The van der Waals surface area contributed by atoms with Crippen LogP contribution in [0.15, 0.2) is 47.4 Å². The molecule has 0 fully saturated rings. The van der Waals surface area contributed by atoms with Crippen molar-refractivity contribution in [3.8, 4) is 0 Å². The van der Waals surface area contributed by atoms with Gasteiger partial charge < -0.3 is 20.5 Å². The van der Waals surface area contributed by atoms with Gasteiger partial charge in [0, 0.05) is 30.7 Å². The third-order valence-corrected chi connectivity index (χ3v) is 5.55. The Hall–Kier alpha value is -2.00. The van der Waals surface area contributed by atoms with Gasteiger partial charge in [0.1, 0.15) is 11.6 Å². The van der Waals surface area contributed by atoms with E-state index in [1.807, 2.05) is 37.4 Å². The van der Waals surface area contributed by atoms with Crippen LogP contribution in [-0.2, 0) is 22.4 Å². The summed E-state index contributed by atoms with van der Waals surface area (Å²) in [5.74, 6) is -1.67. The molecule has 0 bridgehead atoms. The second kappa shape index (κ2) is 12.8. The number of halogens is 2. The molecule has 0 saturated carbocycles. The number of amides is 1. The highest BCUT2D eigenvalue weighted by atomic mass is 32.2. The molecule has 0 saturated heterocycles. The zero-order valence-corrected chi connectivity index (χ0v) is 18.8. The molecule has 3 N–H and O–H groups in total. The van der Waals surface area contributed by atoms with Crippen LogP contribution >= 0.6 is 11.8 Å². The van der Waals surface area contributed by atoms with Gasteiger partial charge in [-0.2, -0.15) is 0 Å². The number of thioether (sulfide) groups is 1. The van der Waals surface area contributed by atoms with E-state index in [4.69, 9.17) is 4.74 Å². The van der Waals surface area contributed by atoms with Gasteiger partial charge in [-0.1, -0.05) is 12.1 Å². The topological polar surface area (TPSA) is 70.6 Å². The van der Waals surface area contributed by atoms with Gasteiger partial charge in [0.05, 0.1) is 25.2 Å². The minimum Gasteiger partial charge on any atom is -0.390 e. The molecule has 0 aliphatic heterocycles. The molecule has 31 heavy (non-hydrogen) atoms. The van der Waals surface area contributed by atoms with E-state index in [9.17, 15) is 18.7 Å². The van der Waals surface area contributed by atoms with Gasteiger partial charge in [0.15, 0.2) is 0 Å². The maximum absolute atomic E-state index is 13.6. The first-order valence-electron chi connectivity index (χ1n) is 10.1. The third-order valence-electron chi connectivity index (χ3n) is 4.80. The number of aliphatic hydroxyl groups is 1. The Morgan fingerprint density at radius 3 is 2.35 bits per heavy atom. The Morgan fingerprint density at radius 2 is 1.77 bits per heavy atom. The van der Waals surface area contributed by atoms with Crippen molar-refractivity contribution in [2.24, 2.45) is 0 Å². The molecule has 0 spiro atoms. The fourth-order valence-corrected chi connectivity index (χ4v) is 3.63. The van der Waals surface area contributed by atoms with Crippen LogP contribution < -0.4 is 10.6 Å². The molecule has 2 aromatic carbocycles. The predicted molar refractivity (Wildman–Crippen MR) is 119 cm³/mol. The Kier molecular flexibility index (Phi) is 10.4. The van der Waals surface area contributed by atoms with E-state index in [0.29, 0.717) is 12.2 Å². The summed E-state index contributed by atoms with van der Waals surface area (Å²) in [6, 6.07) is 10.1. The molecule has 0 heterocycles. The minimum absolute atomic E-state index is 0.00225. The molecule has 2 rings (SSSR count). The van der Waals surface area contributed by atoms with E-state index in [1.165, 1.54) is 12.1 Å². The van der Waals surface area contributed by atoms with Crippen LogP contribution in [0.3, 0.4) is 0 Å². The molecule has 170 valence electrons. The van der Waals surface area contributed by atoms with Gasteiger partial charge in [-0.25, -0.2) is 8.78 Å². The summed E-state index contributed by atoms with van der Waals surface area (Å²) >= 11 is 1.61. The van der Waals surface area contributed by atoms with Crippen molar-refractivity contribution in [1.82, 2.24) is 10.6 Å². The molecular formula is C23H30F2N2O3S. The zero-order valence-electron chi connectivity index (χ0n) is 18.0. The third kappa shape index (κ3) is 8.95. The van der Waals surface area contributed by atoms with Gasteiger partial charge in [0.25, 0.3) is 0 Å². The van der Waals surface area contributed by atoms with Crippen molar-refractivity contribution in [3.05, 3.63) is 65.2 Å². The number of benzene rings is 2. The van der Waals surface area contributed by atoms with E-state index in [1.54, 1.807) is 18.9 Å². The number of hydrogen-bond acceptors (Lipinski definition) is 5. The molecule has 3 atom stereocenters. The van der Waals surface area contributed by atoms with Crippen LogP contribution in [0.25, 0.3) is 0 Å². The standard InChI is InChI=1S/C23H30F2N2O3S/c1-15(14-30-2)26-13-22(28)21(10-17-8-18(24)12-19(25)9-17)27-23(29)11-16-4-6-20(31-3)7-5-16/h4-9,12,15,21-22,26,28H,10-11,13-14H2,1-3H3,(H,27,29)/t15?,21-,22-/m0/s1. The summed E-state index contributed by atoms with van der Waals surface area (Å²) in [5.41, 5.74) is 1.20. The van der Waals surface area contributed by atoms with Crippen molar-refractivity contribution in [3.63, 3.8) is 0 Å². The SMILES string of the molecule is COCC(C)NC[C@H](O)[C@H](Cc1cc(F)cc(F)c1)NC(=O)Cc1ccc(SC)cc1. The van der Waals surface area contributed by atoms with Gasteiger partial charge >= 0.3 is 0 Å². The van der Waals surface area contributed by atoms with E-state index in [-0.39, 0.29) is 31.3 Å². The number of hydrogen-bond donors (Lipinski definition) is 3. The van der Waals surface area contributed by atoms with E-state index in [2.05, 4.69) is 10.6 Å². The van der Waals surface area contributed by atoms with Gasteiger partial charge in [-0.3, -0.25) is 4.79 Å². The largest absolute Gasteiger partial charge is 0.390 e. The summed E-state index contributed by atoms with van der Waals surface area (Å²) < 4.78 is 32.3. The summed E-state index contributed by atoms with van der Waals surface area (Å²) in [5, 5.41) is 16.7. The highest BCUT2D eigenvalue weighted by Gasteiger charge is 2.23. The van der Waals surface area contributed by atoms with Crippen LogP contribution in [0.5, 0.6) is 0 Å². The molecule has 2 aromatic rings. The average Bonchev–Trinajstić information content (AvgIpc) is 2.71.